The first-order valence-electron chi connectivity index (χ1n) is 10.2. The van der Waals surface area contributed by atoms with E-state index in [1.54, 1.807) is 32.4 Å². The molecule has 1 unspecified atom stereocenters. The van der Waals surface area contributed by atoms with Crippen molar-refractivity contribution in [1.82, 2.24) is 25.9 Å². The standard InChI is InChI=1S/C20H31N7O4S/c1-13(2)18(19(31)23-12-17(29)30)26-16(28)7-5-4-6-8-22-11-15(27-21)14-9-24-20(32-3)25-10-14/h9-11,13,18,21-22H,4-8,12H2,1-3H3,(H,23,31)(H,26,28)(H,29,30)/b15-11-,27-21?. The smallest absolute Gasteiger partial charge is 0.322 e. The van der Waals surface area contributed by atoms with Gasteiger partial charge in [0.15, 0.2) is 5.16 Å². The highest BCUT2D eigenvalue weighted by molar-refractivity contribution is 7.98. The lowest BCUT2D eigenvalue weighted by Crippen LogP contribution is -2.50. The van der Waals surface area contributed by atoms with Crippen molar-refractivity contribution in [2.24, 2.45) is 11.0 Å². The molecule has 5 N–H and O–H groups in total. The maximum Gasteiger partial charge on any atom is 0.322 e. The van der Waals surface area contributed by atoms with Gasteiger partial charge in [-0.15, -0.1) is 0 Å². The van der Waals surface area contributed by atoms with Crippen LogP contribution in [-0.2, 0) is 14.4 Å². The second kappa shape index (κ2) is 14.9. The molecule has 0 bridgehead atoms. The predicted molar refractivity (Wildman–Crippen MR) is 121 cm³/mol. The second-order valence-corrected chi connectivity index (χ2v) is 8.04. The summed E-state index contributed by atoms with van der Waals surface area (Å²) in [4.78, 5) is 43.1. The Bertz CT molecular complexity index is 800. The number of hydrogen-bond acceptors (Lipinski definition) is 9. The summed E-state index contributed by atoms with van der Waals surface area (Å²) >= 11 is 1.43. The highest BCUT2D eigenvalue weighted by atomic mass is 32.2. The second-order valence-electron chi connectivity index (χ2n) is 7.27. The van der Waals surface area contributed by atoms with Gasteiger partial charge in [0.05, 0.1) is 0 Å². The summed E-state index contributed by atoms with van der Waals surface area (Å²) in [7, 11) is 0. The summed E-state index contributed by atoms with van der Waals surface area (Å²) < 4.78 is 0. The molecule has 1 heterocycles. The van der Waals surface area contributed by atoms with Crippen molar-refractivity contribution in [3.05, 3.63) is 24.2 Å². The molecule has 0 spiro atoms. The van der Waals surface area contributed by atoms with Crippen molar-refractivity contribution in [1.29, 1.82) is 5.53 Å². The minimum Gasteiger partial charge on any atom is -0.480 e. The average Bonchev–Trinajstić information content (AvgIpc) is 2.77. The van der Waals surface area contributed by atoms with Gasteiger partial charge in [-0.05, 0) is 25.0 Å². The minimum atomic E-state index is -1.14. The Labute approximate surface area is 191 Å². The van der Waals surface area contributed by atoms with Crippen molar-refractivity contribution in [2.45, 2.75) is 50.7 Å². The largest absolute Gasteiger partial charge is 0.480 e. The summed E-state index contributed by atoms with van der Waals surface area (Å²) in [5.74, 6) is -2.05. The summed E-state index contributed by atoms with van der Waals surface area (Å²) in [5.41, 5.74) is 8.38. The predicted octanol–water partition coefficient (Wildman–Crippen LogP) is 2.02. The van der Waals surface area contributed by atoms with Crippen LogP contribution in [0.25, 0.3) is 5.70 Å². The molecule has 11 nitrogen and oxygen atoms in total. The van der Waals surface area contributed by atoms with Crippen LogP contribution in [0.15, 0.2) is 28.9 Å². The van der Waals surface area contributed by atoms with Crippen molar-refractivity contribution in [3.8, 4) is 0 Å². The van der Waals surface area contributed by atoms with Gasteiger partial charge >= 0.3 is 5.97 Å². The molecule has 176 valence electrons. The normalized spacial score (nSPS) is 12.2. The van der Waals surface area contributed by atoms with Gasteiger partial charge in [-0.25, -0.2) is 15.5 Å². The Morgan fingerprint density at radius 1 is 1.22 bits per heavy atom. The van der Waals surface area contributed by atoms with Gasteiger partial charge in [0, 0.05) is 37.1 Å². The Hall–Kier alpha value is -3.02. The lowest BCUT2D eigenvalue weighted by molar-refractivity contribution is -0.138. The van der Waals surface area contributed by atoms with Crippen LogP contribution in [-0.4, -0.2) is 58.2 Å². The number of thioether (sulfide) groups is 1. The molecule has 1 aromatic rings. The monoisotopic (exact) mass is 465 g/mol. The van der Waals surface area contributed by atoms with Crippen LogP contribution in [0, 0.1) is 11.4 Å². The van der Waals surface area contributed by atoms with Gasteiger partial charge in [0.25, 0.3) is 0 Å². The third-order valence-electron chi connectivity index (χ3n) is 4.37. The summed E-state index contributed by atoms with van der Waals surface area (Å²) in [6.07, 6.45) is 9.29. The molecule has 1 rings (SSSR count). The van der Waals surface area contributed by atoms with Crippen LogP contribution >= 0.6 is 11.8 Å². The molecule has 0 saturated heterocycles. The van der Waals surface area contributed by atoms with Crippen LogP contribution in [0.2, 0.25) is 0 Å². The summed E-state index contributed by atoms with van der Waals surface area (Å²) in [6.45, 7) is 3.73. The van der Waals surface area contributed by atoms with Gasteiger partial charge < -0.3 is 21.1 Å². The average molecular weight is 466 g/mol. The zero-order valence-corrected chi connectivity index (χ0v) is 19.4. The number of nitrogens with zero attached hydrogens (tertiary/aromatic N) is 3. The van der Waals surface area contributed by atoms with E-state index in [1.807, 2.05) is 6.26 Å². The summed E-state index contributed by atoms with van der Waals surface area (Å²) in [6, 6.07) is -0.769. The zero-order chi connectivity index (χ0) is 23.9. The van der Waals surface area contributed by atoms with E-state index in [0.29, 0.717) is 29.4 Å². The van der Waals surface area contributed by atoms with Crippen molar-refractivity contribution >= 4 is 35.2 Å². The molecular weight excluding hydrogens is 434 g/mol. The quantitative estimate of drug-likeness (QED) is 0.113. The molecule has 0 aliphatic heterocycles. The fourth-order valence-electron chi connectivity index (χ4n) is 2.65. The highest BCUT2D eigenvalue weighted by Gasteiger charge is 2.24. The minimum absolute atomic E-state index is 0.164. The van der Waals surface area contributed by atoms with E-state index in [-0.39, 0.29) is 18.2 Å². The first-order valence-corrected chi connectivity index (χ1v) is 11.5. The van der Waals surface area contributed by atoms with Crippen LogP contribution in [0.4, 0.5) is 0 Å². The van der Waals surface area contributed by atoms with E-state index in [0.717, 1.165) is 12.8 Å². The Kier molecular flexibility index (Phi) is 12.6. The summed E-state index contributed by atoms with van der Waals surface area (Å²) in [5, 5.41) is 20.9. The van der Waals surface area contributed by atoms with E-state index in [4.69, 9.17) is 10.6 Å². The number of carbonyl (C=O) groups is 3. The van der Waals surface area contributed by atoms with Crippen LogP contribution in [0.1, 0.15) is 45.1 Å². The molecule has 1 aromatic heterocycles. The molecule has 12 heteroatoms. The van der Waals surface area contributed by atoms with Gasteiger partial charge in [-0.1, -0.05) is 32.0 Å². The first-order chi connectivity index (χ1) is 15.3. The SMILES string of the molecule is CSc1ncc(/C(=C/NCCCCCC(=O)NC(C(=O)NCC(=O)O)C(C)C)N=N)cn1. The molecule has 0 aliphatic carbocycles. The molecule has 32 heavy (non-hydrogen) atoms. The van der Waals surface area contributed by atoms with Gasteiger partial charge in [0.1, 0.15) is 18.3 Å². The Morgan fingerprint density at radius 3 is 2.47 bits per heavy atom. The lowest BCUT2D eigenvalue weighted by Gasteiger charge is -2.21. The van der Waals surface area contributed by atoms with E-state index in [9.17, 15) is 14.4 Å². The molecular formula is C20H31N7O4S. The van der Waals surface area contributed by atoms with Crippen molar-refractivity contribution in [2.75, 3.05) is 19.3 Å². The number of rotatable bonds is 15. The van der Waals surface area contributed by atoms with E-state index in [2.05, 4.69) is 31.0 Å². The molecule has 0 saturated carbocycles. The Balaban J connectivity index is 2.32. The van der Waals surface area contributed by atoms with Crippen molar-refractivity contribution < 1.29 is 19.5 Å². The number of aliphatic carboxylic acids is 1. The van der Waals surface area contributed by atoms with E-state index < -0.39 is 24.5 Å². The number of unbranched alkanes of at least 4 members (excludes halogenated alkanes) is 2. The Morgan fingerprint density at radius 2 is 1.91 bits per heavy atom. The molecule has 0 aromatic carbocycles. The topological polar surface area (TPSA) is 170 Å². The third kappa shape index (κ3) is 10.3. The fourth-order valence-corrected chi connectivity index (χ4v) is 2.96. The number of aromatic nitrogens is 2. The van der Waals surface area contributed by atoms with Crippen LogP contribution < -0.4 is 16.0 Å². The van der Waals surface area contributed by atoms with E-state index in [1.165, 1.54) is 11.8 Å². The first kappa shape index (κ1) is 27.0. The van der Waals surface area contributed by atoms with Crippen LogP contribution in [0.3, 0.4) is 0 Å². The number of amides is 2. The number of hydrogen-bond donors (Lipinski definition) is 5. The number of nitrogens with one attached hydrogen (secondary N) is 4. The van der Waals surface area contributed by atoms with Gasteiger partial charge in [-0.3, -0.25) is 14.4 Å². The fraction of sp³-hybridized carbons (Fsp3) is 0.550. The van der Waals surface area contributed by atoms with Crippen LogP contribution in [0.5, 0.6) is 0 Å². The van der Waals surface area contributed by atoms with E-state index >= 15 is 0 Å². The maximum absolute atomic E-state index is 12.1. The zero-order valence-electron chi connectivity index (χ0n) is 18.6. The highest BCUT2D eigenvalue weighted by Crippen LogP contribution is 2.15. The molecule has 0 radical (unpaired) electrons. The number of carboxylic acid groups (broad SMARTS) is 1. The van der Waals surface area contributed by atoms with Crippen molar-refractivity contribution in [3.63, 3.8) is 0 Å². The molecule has 0 fully saturated rings. The molecule has 0 aliphatic rings. The molecule has 1 atom stereocenters. The molecule has 2 amide bonds. The number of carboxylic acids is 1. The third-order valence-corrected chi connectivity index (χ3v) is 4.95. The van der Waals surface area contributed by atoms with Gasteiger partial charge in [0.2, 0.25) is 11.8 Å². The lowest BCUT2D eigenvalue weighted by atomic mass is 10.0. The number of carbonyl (C=O) groups excluding carboxylic acids is 2. The van der Waals surface area contributed by atoms with Gasteiger partial charge in [-0.2, -0.15) is 5.11 Å². The maximum atomic E-state index is 12.1.